The smallest absolute Gasteiger partial charge is 0.319 e. The maximum absolute atomic E-state index is 12.7. The Kier molecular flexibility index (Phi) is 11.2. The number of carbonyl (C=O) groups is 1. The van der Waals surface area contributed by atoms with Crippen LogP contribution in [-0.4, -0.2) is 26.8 Å². The highest BCUT2D eigenvalue weighted by Crippen LogP contribution is 2.40. The second-order valence-corrected chi connectivity index (χ2v) is 13.1. The Morgan fingerprint density at radius 1 is 0.808 bits per heavy atom. The lowest BCUT2D eigenvalue weighted by Gasteiger charge is -2.36. The average Bonchev–Trinajstić information content (AvgIpc) is 3.50. The number of ether oxygens (including phenoxy) is 3. The molecule has 6 aromatic rings. The summed E-state index contributed by atoms with van der Waals surface area (Å²) in [7, 11) is 0. The molecule has 0 bridgehead atoms. The van der Waals surface area contributed by atoms with Crippen molar-refractivity contribution in [1.82, 2.24) is 14.9 Å². The number of aromatic nitrogens is 2. The predicted molar refractivity (Wildman–Crippen MR) is 201 cm³/mol. The van der Waals surface area contributed by atoms with Crippen LogP contribution in [0.5, 0.6) is 11.5 Å². The van der Waals surface area contributed by atoms with Crippen molar-refractivity contribution in [3.05, 3.63) is 166 Å². The van der Waals surface area contributed by atoms with Crippen molar-refractivity contribution in [2.45, 2.75) is 44.6 Å². The zero-order valence-electron chi connectivity index (χ0n) is 28.0. The Balaban J connectivity index is 1.02. The molecule has 1 aliphatic heterocycles. The molecular formula is C41H36Cl2N4O5. The first-order valence-corrected chi connectivity index (χ1v) is 17.6. The fourth-order valence-corrected chi connectivity index (χ4v) is 6.35. The van der Waals surface area contributed by atoms with Crippen LogP contribution in [0.4, 0.5) is 10.5 Å². The number of aliphatic hydroxyl groups excluding tert-OH is 1. The maximum atomic E-state index is 12.7. The molecule has 11 heteroatoms. The number of para-hydroxylation sites is 1. The number of halogens is 2. The van der Waals surface area contributed by atoms with Gasteiger partial charge in [-0.1, -0.05) is 102 Å². The lowest BCUT2D eigenvalue weighted by molar-refractivity contribution is -0.252. The molecule has 1 aromatic heterocycles. The van der Waals surface area contributed by atoms with Crippen LogP contribution in [0.25, 0.3) is 11.1 Å². The van der Waals surface area contributed by atoms with Crippen LogP contribution in [0.2, 0.25) is 10.3 Å². The number of hydrogen-bond acceptors (Lipinski definition) is 6. The van der Waals surface area contributed by atoms with E-state index in [-0.39, 0.29) is 30.0 Å². The van der Waals surface area contributed by atoms with E-state index in [0.29, 0.717) is 36.1 Å². The Morgan fingerprint density at radius 2 is 1.54 bits per heavy atom. The minimum atomic E-state index is -0.661. The number of aliphatic hydroxyl groups is 1. The number of rotatable bonds is 11. The Hall–Kier alpha value is -5.16. The van der Waals surface area contributed by atoms with Gasteiger partial charge in [0.1, 0.15) is 16.7 Å². The molecule has 0 aliphatic carbocycles. The van der Waals surface area contributed by atoms with E-state index < -0.39 is 6.29 Å². The van der Waals surface area contributed by atoms with Gasteiger partial charge in [-0.15, -0.1) is 0 Å². The molecule has 5 aromatic carbocycles. The molecule has 2 heterocycles. The summed E-state index contributed by atoms with van der Waals surface area (Å²) < 4.78 is 20.7. The van der Waals surface area contributed by atoms with Crippen LogP contribution in [0.1, 0.15) is 41.1 Å². The first kappa shape index (κ1) is 35.3. The summed E-state index contributed by atoms with van der Waals surface area (Å²) in [6, 6.07) is 40.3. The van der Waals surface area contributed by atoms with Gasteiger partial charge in [0.25, 0.3) is 0 Å². The molecule has 1 aliphatic rings. The van der Waals surface area contributed by atoms with Crippen molar-refractivity contribution in [2.24, 2.45) is 0 Å². The number of imidazole rings is 1. The number of amides is 2. The Morgan fingerprint density at radius 3 is 2.27 bits per heavy atom. The number of nitrogens with zero attached hydrogens (tertiary/aromatic N) is 2. The van der Waals surface area contributed by atoms with E-state index >= 15 is 0 Å². The van der Waals surface area contributed by atoms with E-state index in [2.05, 4.69) is 27.8 Å². The SMILES string of the molecule is O=C(NCc1cccc(-c2cccc([C@@H]3O[C@H](Cn4cnc(Cl)c4Cl)C[C@H](c4ccc(CO)cc4)O3)c2)c1)Nc1ccc(Oc2ccccc2)cc1. The van der Waals surface area contributed by atoms with Crippen LogP contribution in [0, 0.1) is 0 Å². The van der Waals surface area contributed by atoms with Gasteiger partial charge in [-0.2, -0.15) is 0 Å². The van der Waals surface area contributed by atoms with Gasteiger partial charge in [0.15, 0.2) is 11.4 Å². The van der Waals surface area contributed by atoms with Crippen LogP contribution >= 0.6 is 23.2 Å². The fraction of sp³-hybridized carbons (Fsp3) is 0.171. The van der Waals surface area contributed by atoms with Gasteiger partial charge in [-0.3, -0.25) is 0 Å². The summed E-state index contributed by atoms with van der Waals surface area (Å²) in [4.78, 5) is 16.9. The molecule has 3 N–H and O–H groups in total. The van der Waals surface area contributed by atoms with E-state index in [4.69, 9.17) is 37.4 Å². The Labute approximate surface area is 311 Å². The predicted octanol–water partition coefficient (Wildman–Crippen LogP) is 9.71. The largest absolute Gasteiger partial charge is 0.457 e. The van der Waals surface area contributed by atoms with Crippen molar-refractivity contribution in [2.75, 3.05) is 5.32 Å². The van der Waals surface area contributed by atoms with Crippen LogP contribution in [-0.2, 0) is 29.2 Å². The number of anilines is 1. The zero-order chi connectivity index (χ0) is 35.9. The van der Waals surface area contributed by atoms with Crippen molar-refractivity contribution in [1.29, 1.82) is 0 Å². The third-order valence-electron chi connectivity index (χ3n) is 8.71. The summed E-state index contributed by atoms with van der Waals surface area (Å²) in [5.74, 6) is 1.42. The number of carbonyl (C=O) groups excluding carboxylic acids is 1. The quantitative estimate of drug-likeness (QED) is 0.122. The van der Waals surface area contributed by atoms with Gasteiger partial charge in [0.05, 0.1) is 31.7 Å². The molecule has 1 saturated heterocycles. The summed E-state index contributed by atoms with van der Waals surface area (Å²) in [5.41, 5.74) is 6.23. The van der Waals surface area contributed by atoms with E-state index in [0.717, 1.165) is 39.1 Å². The number of urea groups is 1. The third-order valence-corrected chi connectivity index (χ3v) is 9.48. The second-order valence-electron chi connectivity index (χ2n) is 12.4. The molecular weight excluding hydrogens is 699 g/mol. The van der Waals surface area contributed by atoms with E-state index in [1.165, 1.54) is 0 Å². The van der Waals surface area contributed by atoms with Gasteiger partial charge in [-0.25, -0.2) is 9.78 Å². The van der Waals surface area contributed by atoms with Gasteiger partial charge in [0.2, 0.25) is 0 Å². The molecule has 2 amide bonds. The molecule has 0 spiro atoms. The van der Waals surface area contributed by atoms with Crippen LogP contribution < -0.4 is 15.4 Å². The molecule has 1 fully saturated rings. The lowest BCUT2D eigenvalue weighted by atomic mass is 9.98. The zero-order valence-corrected chi connectivity index (χ0v) is 29.5. The third kappa shape index (κ3) is 8.82. The molecule has 0 radical (unpaired) electrons. The highest BCUT2D eigenvalue weighted by Gasteiger charge is 2.33. The fourth-order valence-electron chi connectivity index (χ4n) is 6.04. The summed E-state index contributed by atoms with van der Waals surface area (Å²) in [6.45, 7) is 0.750. The Bertz CT molecular complexity index is 2110. The lowest BCUT2D eigenvalue weighted by Crippen LogP contribution is -2.32. The summed E-state index contributed by atoms with van der Waals surface area (Å²) in [5, 5.41) is 16.0. The average molecular weight is 736 g/mol. The molecule has 3 atom stereocenters. The van der Waals surface area contributed by atoms with Crippen molar-refractivity contribution in [3.63, 3.8) is 0 Å². The normalized spacial score (nSPS) is 17.0. The topological polar surface area (TPSA) is 107 Å². The summed E-state index contributed by atoms with van der Waals surface area (Å²) in [6.07, 6.45) is 1.01. The highest BCUT2D eigenvalue weighted by molar-refractivity contribution is 6.40. The molecule has 7 rings (SSSR count). The number of hydrogen-bond donors (Lipinski definition) is 3. The van der Waals surface area contributed by atoms with Crippen molar-refractivity contribution in [3.8, 4) is 22.6 Å². The molecule has 52 heavy (non-hydrogen) atoms. The first-order chi connectivity index (χ1) is 25.4. The van der Waals surface area contributed by atoms with Gasteiger partial charge >= 0.3 is 6.03 Å². The van der Waals surface area contributed by atoms with Gasteiger partial charge in [-0.05, 0) is 76.3 Å². The molecule has 264 valence electrons. The van der Waals surface area contributed by atoms with E-state index in [9.17, 15) is 9.90 Å². The van der Waals surface area contributed by atoms with E-state index in [1.807, 2.05) is 103 Å². The van der Waals surface area contributed by atoms with Crippen LogP contribution in [0.15, 0.2) is 134 Å². The standard InChI is InChI=1S/C41H36Cl2N4O5/c42-38-39(43)47(26-45-38)24-36-22-37(29-14-12-27(25-48)13-15-29)52-40(51-36)32-9-5-8-31(21-32)30-7-4-6-28(20-30)23-44-41(49)46-33-16-18-35(19-17-33)50-34-10-2-1-3-11-34/h1-21,26,36-37,40,48H,22-25H2,(H2,44,46,49)/t36-,37+,40+/m0/s1. The minimum Gasteiger partial charge on any atom is -0.457 e. The molecule has 0 unspecified atom stereocenters. The van der Waals surface area contributed by atoms with E-state index in [1.54, 1.807) is 23.0 Å². The van der Waals surface area contributed by atoms with Crippen molar-refractivity contribution >= 4 is 34.9 Å². The second kappa shape index (κ2) is 16.5. The van der Waals surface area contributed by atoms with Gasteiger partial charge in [0, 0.05) is 24.2 Å². The molecule has 0 saturated carbocycles. The number of nitrogens with one attached hydrogen (secondary N) is 2. The first-order valence-electron chi connectivity index (χ1n) is 16.8. The number of benzene rings is 5. The van der Waals surface area contributed by atoms with Gasteiger partial charge < -0.3 is 34.5 Å². The monoisotopic (exact) mass is 734 g/mol. The molecule has 9 nitrogen and oxygen atoms in total. The van der Waals surface area contributed by atoms with Crippen LogP contribution in [0.3, 0.4) is 0 Å². The van der Waals surface area contributed by atoms with Crippen molar-refractivity contribution < 1.29 is 24.1 Å². The maximum Gasteiger partial charge on any atom is 0.319 e. The minimum absolute atomic E-state index is 0.0300. The summed E-state index contributed by atoms with van der Waals surface area (Å²) >= 11 is 12.5. The highest BCUT2D eigenvalue weighted by atomic mass is 35.5.